The minimum atomic E-state index is 0.692. The summed E-state index contributed by atoms with van der Waals surface area (Å²) >= 11 is 0. The fourth-order valence-corrected chi connectivity index (χ4v) is 11.4. The summed E-state index contributed by atoms with van der Waals surface area (Å²) in [7, 11) is 0. The Morgan fingerprint density at radius 3 is 1.53 bits per heavy atom. The van der Waals surface area contributed by atoms with Gasteiger partial charge in [-0.25, -0.2) is 9.97 Å². The van der Waals surface area contributed by atoms with Gasteiger partial charge in [-0.3, -0.25) is 0 Å². The lowest BCUT2D eigenvalue weighted by atomic mass is 9.94. The molecule has 3 aromatic heterocycles. The van der Waals surface area contributed by atoms with Gasteiger partial charge in [0.2, 0.25) is 0 Å². The van der Waals surface area contributed by atoms with E-state index in [-0.39, 0.29) is 0 Å². The van der Waals surface area contributed by atoms with E-state index in [4.69, 9.17) is 9.97 Å². The molecule has 12 aromatic carbocycles. The van der Waals surface area contributed by atoms with Gasteiger partial charge in [0.15, 0.2) is 5.82 Å². The Morgan fingerprint density at radius 1 is 0.265 bits per heavy atom. The highest BCUT2D eigenvalue weighted by molar-refractivity contribution is 6.19. The van der Waals surface area contributed by atoms with Crippen LogP contribution < -0.4 is 0 Å². The first kappa shape index (κ1) is 37.1. The van der Waals surface area contributed by atoms with Crippen LogP contribution in [0.3, 0.4) is 0 Å². The predicted molar refractivity (Wildman–Crippen MR) is 287 cm³/mol. The second-order valence-electron chi connectivity index (χ2n) is 18.1. The van der Waals surface area contributed by atoms with Crippen molar-refractivity contribution < 1.29 is 0 Å². The van der Waals surface area contributed by atoms with Crippen LogP contribution in [0.25, 0.3) is 142 Å². The standard InChI is InChI=1S/C64H38N4/c1-2-17-40-35-61-53(33-39(40)16-1)49-25-10-13-29-57(49)67(61)59-31-15-20-43-36-62-54(38-52(43)59)50-26-11-14-30-58(50)68(62)60-37-44(32-41-18-4-6-22-46(41)60)64-65-56-28-12-9-27-51(56)63(66-64)55-34-42-19-3-5-21-45(42)47-23-7-8-24-48(47)55/h1-38H. The predicted octanol–water partition coefficient (Wildman–Crippen LogP) is 16.9. The van der Waals surface area contributed by atoms with E-state index in [0.29, 0.717) is 5.82 Å². The van der Waals surface area contributed by atoms with E-state index in [2.05, 4.69) is 240 Å². The molecule has 0 radical (unpaired) electrons. The highest BCUT2D eigenvalue weighted by atomic mass is 15.0. The Balaban J connectivity index is 0.984. The van der Waals surface area contributed by atoms with Crippen molar-refractivity contribution in [1.82, 2.24) is 19.1 Å². The van der Waals surface area contributed by atoms with Crippen molar-refractivity contribution in [1.29, 1.82) is 0 Å². The first-order valence-electron chi connectivity index (χ1n) is 23.3. The molecule has 15 aromatic rings. The molecule has 314 valence electrons. The van der Waals surface area contributed by atoms with Gasteiger partial charge < -0.3 is 9.13 Å². The first-order chi connectivity index (χ1) is 33.7. The van der Waals surface area contributed by atoms with E-state index in [1.54, 1.807) is 0 Å². The summed E-state index contributed by atoms with van der Waals surface area (Å²) in [6.07, 6.45) is 0. The lowest BCUT2D eigenvalue weighted by molar-refractivity contribution is 1.19. The molecule has 0 amide bonds. The van der Waals surface area contributed by atoms with Crippen LogP contribution in [0.15, 0.2) is 231 Å². The molecule has 0 saturated heterocycles. The molecule has 3 heterocycles. The van der Waals surface area contributed by atoms with Crippen molar-refractivity contribution in [3.63, 3.8) is 0 Å². The maximum atomic E-state index is 5.56. The van der Waals surface area contributed by atoms with Gasteiger partial charge in [-0.15, -0.1) is 0 Å². The molecule has 0 aliphatic heterocycles. The topological polar surface area (TPSA) is 35.6 Å². The van der Waals surface area contributed by atoms with Crippen LogP contribution in [0.5, 0.6) is 0 Å². The van der Waals surface area contributed by atoms with E-state index in [1.807, 2.05) is 0 Å². The van der Waals surface area contributed by atoms with Crippen LogP contribution in [0, 0.1) is 0 Å². The van der Waals surface area contributed by atoms with Crippen molar-refractivity contribution in [2.24, 2.45) is 0 Å². The normalized spacial score (nSPS) is 12.1. The van der Waals surface area contributed by atoms with Crippen LogP contribution in [0.2, 0.25) is 0 Å². The number of benzene rings is 12. The lowest BCUT2D eigenvalue weighted by Crippen LogP contribution is -2.00. The van der Waals surface area contributed by atoms with Crippen LogP contribution in [0.1, 0.15) is 0 Å². The van der Waals surface area contributed by atoms with Crippen molar-refractivity contribution >= 4 is 108 Å². The van der Waals surface area contributed by atoms with Crippen molar-refractivity contribution in [3.05, 3.63) is 231 Å². The SMILES string of the molecule is c1ccc2cc3c(cc2c1)c1ccccc1n3-c1cccc2cc3c(cc12)c1ccccc1n3-c1cc(-c2nc(-c3cc4ccccc4c4ccccc34)c3ccccc3n2)cc2ccccc12. The van der Waals surface area contributed by atoms with E-state index in [1.165, 1.54) is 81.4 Å². The van der Waals surface area contributed by atoms with Crippen molar-refractivity contribution in [2.75, 3.05) is 0 Å². The monoisotopic (exact) mass is 862 g/mol. The summed E-state index contributed by atoms with van der Waals surface area (Å²) in [6, 6.07) is 84.0. The Morgan fingerprint density at radius 2 is 0.779 bits per heavy atom. The molecule has 0 aliphatic rings. The number of fused-ring (bicyclic) bond motifs is 13. The van der Waals surface area contributed by atoms with Gasteiger partial charge in [0.25, 0.3) is 0 Å². The van der Waals surface area contributed by atoms with Gasteiger partial charge in [-0.05, 0) is 110 Å². The molecule has 4 nitrogen and oxygen atoms in total. The molecule has 0 bridgehead atoms. The quantitative estimate of drug-likeness (QED) is 0.165. The summed E-state index contributed by atoms with van der Waals surface area (Å²) in [6.45, 7) is 0. The van der Waals surface area contributed by atoms with Gasteiger partial charge in [0.1, 0.15) is 0 Å². The van der Waals surface area contributed by atoms with Gasteiger partial charge in [-0.2, -0.15) is 0 Å². The fourth-order valence-electron chi connectivity index (χ4n) is 11.4. The van der Waals surface area contributed by atoms with Crippen LogP contribution >= 0.6 is 0 Å². The average molecular weight is 863 g/mol. The van der Waals surface area contributed by atoms with E-state index >= 15 is 0 Å². The summed E-state index contributed by atoms with van der Waals surface area (Å²) < 4.78 is 4.94. The zero-order chi connectivity index (χ0) is 44.5. The maximum absolute atomic E-state index is 5.56. The highest BCUT2D eigenvalue weighted by Crippen LogP contribution is 2.43. The maximum Gasteiger partial charge on any atom is 0.160 e. The third-order valence-electron chi connectivity index (χ3n) is 14.4. The first-order valence-corrected chi connectivity index (χ1v) is 23.3. The molecular formula is C64H38N4. The molecule has 0 atom stereocenters. The third-order valence-corrected chi connectivity index (χ3v) is 14.4. The second kappa shape index (κ2) is 14.2. The Bertz CT molecular complexity index is 4630. The Labute approximate surface area is 390 Å². The molecule has 0 saturated carbocycles. The van der Waals surface area contributed by atoms with Gasteiger partial charge in [0.05, 0.1) is 44.7 Å². The molecule has 4 heteroatoms. The summed E-state index contributed by atoms with van der Waals surface area (Å²) in [5, 5.41) is 17.9. The number of nitrogens with zero attached hydrogens (tertiary/aromatic N) is 4. The number of hydrogen-bond acceptors (Lipinski definition) is 2. The lowest BCUT2D eigenvalue weighted by Gasteiger charge is -2.16. The molecule has 15 rings (SSSR count). The van der Waals surface area contributed by atoms with Crippen LogP contribution in [0.4, 0.5) is 0 Å². The van der Waals surface area contributed by atoms with E-state index in [0.717, 1.165) is 55.2 Å². The number of hydrogen-bond donors (Lipinski definition) is 0. The molecule has 0 aliphatic carbocycles. The van der Waals surface area contributed by atoms with Gasteiger partial charge >= 0.3 is 0 Å². The Kier molecular flexibility index (Phi) is 7.75. The minimum Gasteiger partial charge on any atom is -0.309 e. The molecule has 0 spiro atoms. The smallest absolute Gasteiger partial charge is 0.160 e. The Hall–Kier alpha value is -9.12. The van der Waals surface area contributed by atoms with Gasteiger partial charge in [0, 0.05) is 48.8 Å². The molecule has 0 fully saturated rings. The minimum absolute atomic E-state index is 0.692. The van der Waals surface area contributed by atoms with E-state index < -0.39 is 0 Å². The highest BCUT2D eigenvalue weighted by Gasteiger charge is 2.21. The van der Waals surface area contributed by atoms with Crippen LogP contribution in [-0.2, 0) is 0 Å². The van der Waals surface area contributed by atoms with Gasteiger partial charge in [-0.1, -0.05) is 164 Å². The average Bonchev–Trinajstić information content (AvgIpc) is 3.89. The molecule has 68 heavy (non-hydrogen) atoms. The van der Waals surface area contributed by atoms with Crippen molar-refractivity contribution in [2.45, 2.75) is 0 Å². The summed E-state index contributed by atoms with van der Waals surface area (Å²) in [4.78, 5) is 10.9. The second-order valence-corrected chi connectivity index (χ2v) is 18.1. The zero-order valence-electron chi connectivity index (χ0n) is 36.7. The summed E-state index contributed by atoms with van der Waals surface area (Å²) in [5.41, 5.74) is 10.9. The summed E-state index contributed by atoms with van der Waals surface area (Å²) in [5.74, 6) is 0.692. The third kappa shape index (κ3) is 5.37. The number of para-hydroxylation sites is 3. The number of aromatic nitrogens is 4. The number of rotatable bonds is 4. The molecular weight excluding hydrogens is 825 g/mol. The van der Waals surface area contributed by atoms with Crippen molar-refractivity contribution in [3.8, 4) is 34.0 Å². The van der Waals surface area contributed by atoms with Crippen LogP contribution in [-0.4, -0.2) is 19.1 Å². The largest absolute Gasteiger partial charge is 0.309 e. The molecule has 0 unspecified atom stereocenters. The zero-order valence-corrected chi connectivity index (χ0v) is 36.7. The van der Waals surface area contributed by atoms with E-state index in [9.17, 15) is 0 Å². The molecule has 0 N–H and O–H groups in total. The fraction of sp³-hybridized carbons (Fsp3) is 0.